The Balaban J connectivity index is 2.19. The molecule has 0 unspecified atom stereocenters. The van der Waals surface area contributed by atoms with Gasteiger partial charge in [-0.1, -0.05) is 17.7 Å². The zero-order valence-corrected chi connectivity index (χ0v) is 23.5. The van der Waals surface area contributed by atoms with Crippen LogP contribution in [0, 0.1) is 6.92 Å². The molecule has 11 heteroatoms. The van der Waals surface area contributed by atoms with E-state index in [0.29, 0.717) is 6.54 Å². The van der Waals surface area contributed by atoms with E-state index in [-0.39, 0.29) is 29.8 Å². The summed E-state index contributed by atoms with van der Waals surface area (Å²) in [7, 11) is -3.99. The number of likely N-dealkylation sites (tertiary alicyclic amines) is 1. The Morgan fingerprint density at radius 1 is 1.03 bits per heavy atom. The third kappa shape index (κ3) is 8.88. The van der Waals surface area contributed by atoms with Crippen molar-refractivity contribution in [3.05, 3.63) is 29.8 Å². The van der Waals surface area contributed by atoms with Crippen molar-refractivity contribution in [2.24, 2.45) is 0 Å². The maximum atomic E-state index is 13.1. The molecule has 1 heterocycles. The molecule has 1 fully saturated rings. The van der Waals surface area contributed by atoms with Crippen molar-refractivity contribution in [2.75, 3.05) is 32.5 Å². The van der Waals surface area contributed by atoms with E-state index in [4.69, 9.17) is 13.7 Å². The molecule has 2 amide bonds. The predicted octanol–water partition coefficient (Wildman–Crippen LogP) is 4.29. The van der Waals surface area contributed by atoms with E-state index in [1.807, 2.05) is 13.2 Å². The van der Waals surface area contributed by atoms with Gasteiger partial charge in [-0.15, -0.1) is 0 Å². The summed E-state index contributed by atoms with van der Waals surface area (Å²) < 4.78 is 41.6. The maximum Gasteiger partial charge on any atom is 0.410 e. The molecule has 1 aliphatic rings. The number of carbonyl (C=O) groups is 2. The van der Waals surface area contributed by atoms with Crippen molar-refractivity contribution in [3.63, 3.8) is 0 Å². The first-order valence-corrected chi connectivity index (χ1v) is 14.2. The summed E-state index contributed by atoms with van der Waals surface area (Å²) in [5, 5.41) is -0.108. The van der Waals surface area contributed by atoms with Crippen LogP contribution in [-0.4, -0.2) is 85.4 Å². The molecule has 0 radical (unpaired) electrons. The van der Waals surface area contributed by atoms with Gasteiger partial charge in [-0.2, -0.15) is 20.2 Å². The molecule has 0 saturated carbocycles. The fourth-order valence-corrected chi connectivity index (χ4v) is 5.27. The molecule has 2 rings (SSSR count). The lowest BCUT2D eigenvalue weighted by atomic mass is 10.2. The van der Waals surface area contributed by atoms with Crippen LogP contribution in [0.5, 0.6) is 0 Å². The van der Waals surface area contributed by atoms with Gasteiger partial charge in [-0.25, -0.2) is 9.59 Å². The van der Waals surface area contributed by atoms with Gasteiger partial charge in [-0.05, 0) is 66.9 Å². The standard InChI is InChI=1S/C24H38N2O7S2/c1-17-9-11-18(12-10-17)35(29,30)31-14-13-26(22(28)33-24(5,6)7)19-15-25(16-20(19)34-8)21(27)32-23(2,3)4/h9-12,19-20H,13-16H2,1-8H3/t19-,20-/m0/s1. The number of thioether (sulfide) groups is 1. The Morgan fingerprint density at radius 2 is 1.60 bits per heavy atom. The summed E-state index contributed by atoms with van der Waals surface area (Å²) in [5.41, 5.74) is -0.464. The van der Waals surface area contributed by atoms with Crippen LogP contribution in [-0.2, 0) is 23.8 Å². The van der Waals surface area contributed by atoms with Crippen molar-refractivity contribution in [1.29, 1.82) is 0 Å². The van der Waals surface area contributed by atoms with Gasteiger partial charge in [0.15, 0.2) is 0 Å². The molecule has 2 atom stereocenters. The van der Waals surface area contributed by atoms with Crippen LogP contribution in [0.2, 0.25) is 0 Å². The van der Waals surface area contributed by atoms with Crippen LogP contribution in [0.3, 0.4) is 0 Å². The number of benzene rings is 1. The second-order valence-corrected chi connectivity index (χ2v) is 13.2. The predicted molar refractivity (Wildman–Crippen MR) is 136 cm³/mol. The number of carbonyl (C=O) groups excluding carboxylic acids is 2. The van der Waals surface area contributed by atoms with Crippen LogP contribution >= 0.6 is 11.8 Å². The summed E-state index contributed by atoms with van der Waals surface area (Å²) >= 11 is 1.52. The minimum absolute atomic E-state index is 0.0239. The summed E-state index contributed by atoms with van der Waals surface area (Å²) in [6.07, 6.45) is 0.854. The van der Waals surface area contributed by atoms with Gasteiger partial charge < -0.3 is 14.4 Å². The quantitative estimate of drug-likeness (QED) is 0.481. The highest BCUT2D eigenvalue weighted by molar-refractivity contribution is 7.99. The van der Waals surface area contributed by atoms with Gasteiger partial charge >= 0.3 is 12.2 Å². The highest BCUT2D eigenvalue weighted by atomic mass is 32.2. The summed E-state index contributed by atoms with van der Waals surface area (Å²) in [6.45, 7) is 12.9. The second-order valence-electron chi connectivity index (χ2n) is 10.5. The fraction of sp³-hybridized carbons (Fsp3) is 0.667. The molecule has 1 aromatic rings. The number of hydrogen-bond acceptors (Lipinski definition) is 8. The average molecular weight is 531 g/mol. The van der Waals surface area contributed by atoms with Gasteiger partial charge in [-0.3, -0.25) is 9.08 Å². The van der Waals surface area contributed by atoms with Crippen LogP contribution in [0.1, 0.15) is 47.1 Å². The van der Waals surface area contributed by atoms with Gasteiger partial charge in [0.25, 0.3) is 10.1 Å². The van der Waals surface area contributed by atoms with Crippen LogP contribution in [0.15, 0.2) is 29.2 Å². The highest BCUT2D eigenvalue weighted by Gasteiger charge is 2.42. The molecular weight excluding hydrogens is 492 g/mol. The molecule has 0 aliphatic carbocycles. The first-order chi connectivity index (χ1) is 16.0. The van der Waals surface area contributed by atoms with E-state index in [0.717, 1.165) is 5.56 Å². The molecule has 1 aromatic carbocycles. The number of ether oxygens (including phenoxy) is 2. The van der Waals surface area contributed by atoms with Gasteiger partial charge in [0.2, 0.25) is 0 Å². The fourth-order valence-electron chi connectivity index (χ4n) is 3.49. The van der Waals surface area contributed by atoms with Crippen LogP contribution in [0.25, 0.3) is 0 Å². The van der Waals surface area contributed by atoms with Gasteiger partial charge in [0, 0.05) is 24.9 Å². The Kier molecular flexibility index (Phi) is 9.52. The van der Waals surface area contributed by atoms with Crippen molar-refractivity contribution < 1.29 is 31.7 Å². The van der Waals surface area contributed by atoms with E-state index < -0.39 is 39.5 Å². The van der Waals surface area contributed by atoms with Crippen LogP contribution in [0.4, 0.5) is 9.59 Å². The Morgan fingerprint density at radius 3 is 2.11 bits per heavy atom. The molecule has 0 spiro atoms. The lowest BCUT2D eigenvalue weighted by Gasteiger charge is -2.33. The first kappa shape index (κ1) is 29.3. The zero-order valence-electron chi connectivity index (χ0n) is 21.9. The molecule has 0 aromatic heterocycles. The summed E-state index contributed by atoms with van der Waals surface area (Å²) in [6, 6.07) is 5.94. The number of nitrogens with zero attached hydrogens (tertiary/aromatic N) is 2. The monoisotopic (exact) mass is 530 g/mol. The summed E-state index contributed by atoms with van der Waals surface area (Å²) in [4.78, 5) is 28.9. The minimum Gasteiger partial charge on any atom is -0.444 e. The molecule has 35 heavy (non-hydrogen) atoms. The molecule has 0 N–H and O–H groups in total. The number of hydrogen-bond donors (Lipinski definition) is 0. The summed E-state index contributed by atoms with van der Waals surface area (Å²) in [5.74, 6) is 0. The van der Waals surface area contributed by atoms with E-state index in [1.165, 1.54) is 28.8 Å². The zero-order chi connectivity index (χ0) is 26.6. The molecule has 9 nitrogen and oxygen atoms in total. The number of aryl methyl sites for hydroxylation is 1. The smallest absolute Gasteiger partial charge is 0.410 e. The van der Waals surface area contributed by atoms with E-state index in [2.05, 4.69) is 0 Å². The van der Waals surface area contributed by atoms with Crippen molar-refractivity contribution >= 4 is 34.1 Å². The first-order valence-electron chi connectivity index (χ1n) is 11.5. The SMILES string of the molecule is CS[C@H]1CN(C(=O)OC(C)(C)C)C[C@@H]1N(CCOS(=O)(=O)c1ccc(C)cc1)C(=O)OC(C)(C)C. The lowest BCUT2D eigenvalue weighted by Crippen LogP contribution is -2.49. The van der Waals surface area contributed by atoms with Crippen molar-refractivity contribution in [2.45, 2.75) is 75.9 Å². The maximum absolute atomic E-state index is 13.1. The van der Waals surface area contributed by atoms with Crippen LogP contribution < -0.4 is 0 Å². The van der Waals surface area contributed by atoms with Crippen molar-refractivity contribution in [3.8, 4) is 0 Å². The largest absolute Gasteiger partial charge is 0.444 e. The van der Waals surface area contributed by atoms with Gasteiger partial charge in [0.05, 0.1) is 17.5 Å². The minimum atomic E-state index is -3.99. The average Bonchev–Trinajstić information content (AvgIpc) is 3.13. The third-order valence-electron chi connectivity index (χ3n) is 5.10. The lowest BCUT2D eigenvalue weighted by molar-refractivity contribution is 0.0111. The van der Waals surface area contributed by atoms with Gasteiger partial charge in [0.1, 0.15) is 11.2 Å². The third-order valence-corrected chi connectivity index (χ3v) is 7.50. The normalized spacial score (nSPS) is 18.9. The number of rotatable bonds is 7. The van der Waals surface area contributed by atoms with E-state index >= 15 is 0 Å². The second kappa shape index (κ2) is 11.4. The van der Waals surface area contributed by atoms with E-state index in [9.17, 15) is 18.0 Å². The molecule has 0 bridgehead atoms. The van der Waals surface area contributed by atoms with E-state index in [1.54, 1.807) is 58.6 Å². The molecular formula is C24H38N2O7S2. The molecule has 198 valence electrons. The molecule has 1 saturated heterocycles. The van der Waals surface area contributed by atoms with Crippen molar-refractivity contribution in [1.82, 2.24) is 9.80 Å². The Labute approximate surface area is 213 Å². The number of amides is 2. The molecule has 1 aliphatic heterocycles. The topological polar surface area (TPSA) is 102 Å². The Hall–Kier alpha value is -1.98. The Bertz CT molecular complexity index is 983. The highest BCUT2D eigenvalue weighted by Crippen LogP contribution is 2.28.